The van der Waals surface area contributed by atoms with Gasteiger partial charge in [-0.2, -0.15) is 0 Å². The number of hydrogen-bond donors (Lipinski definition) is 0. The zero-order chi connectivity index (χ0) is 12.7. The molecule has 0 N–H and O–H groups in total. The van der Waals surface area contributed by atoms with Gasteiger partial charge in [0, 0.05) is 20.0 Å². The van der Waals surface area contributed by atoms with Crippen LogP contribution in [0.4, 0.5) is 0 Å². The summed E-state index contributed by atoms with van der Waals surface area (Å²) in [5.41, 5.74) is 0. The number of rotatable bonds is 8. The van der Waals surface area contributed by atoms with Crippen LogP contribution in [-0.4, -0.2) is 23.9 Å². The number of nitrogens with zero attached hydrogens (tertiary/aromatic N) is 1. The Bertz CT molecular complexity index is 283. The smallest absolute Gasteiger partial charge is 0.219 e. The molecule has 0 radical (unpaired) electrons. The van der Waals surface area contributed by atoms with Crippen molar-refractivity contribution >= 4 is 5.91 Å². The van der Waals surface area contributed by atoms with Crippen molar-refractivity contribution in [2.45, 2.75) is 39.5 Å². The van der Waals surface area contributed by atoms with Gasteiger partial charge in [0.1, 0.15) is 0 Å². The van der Waals surface area contributed by atoms with Crippen LogP contribution in [0, 0.1) is 11.8 Å². The van der Waals surface area contributed by atoms with Gasteiger partial charge in [-0.25, -0.2) is 0 Å². The lowest BCUT2D eigenvalue weighted by Crippen LogP contribution is -2.31. The molecule has 0 bridgehead atoms. The third kappa shape index (κ3) is 5.20. The molecule has 96 valence electrons. The Labute approximate surface area is 105 Å². The van der Waals surface area contributed by atoms with E-state index in [0.717, 1.165) is 24.8 Å². The highest BCUT2D eigenvalue weighted by Crippen LogP contribution is 2.42. The molecule has 0 aromatic rings. The molecule has 17 heavy (non-hydrogen) atoms. The summed E-state index contributed by atoms with van der Waals surface area (Å²) in [6.45, 7) is 9.11. The summed E-state index contributed by atoms with van der Waals surface area (Å²) in [6, 6.07) is 0. The molecular formula is C15H25NO. The van der Waals surface area contributed by atoms with Gasteiger partial charge in [-0.1, -0.05) is 25.2 Å². The molecule has 2 atom stereocenters. The minimum atomic E-state index is 0.168. The van der Waals surface area contributed by atoms with E-state index in [4.69, 9.17) is 0 Å². The molecule has 2 unspecified atom stereocenters. The third-order valence-corrected chi connectivity index (χ3v) is 3.43. The van der Waals surface area contributed by atoms with Crippen molar-refractivity contribution in [3.63, 3.8) is 0 Å². The second-order valence-electron chi connectivity index (χ2n) is 4.93. The number of amides is 1. The first-order chi connectivity index (χ1) is 8.19. The van der Waals surface area contributed by atoms with Gasteiger partial charge in [-0.05, 0) is 37.5 Å². The topological polar surface area (TPSA) is 20.3 Å². The summed E-state index contributed by atoms with van der Waals surface area (Å²) in [4.78, 5) is 13.3. The highest BCUT2D eigenvalue weighted by Gasteiger charge is 2.37. The molecule has 1 amide bonds. The molecule has 2 nitrogen and oxygen atoms in total. The first kappa shape index (κ1) is 14.0. The molecular weight excluding hydrogens is 210 g/mol. The van der Waals surface area contributed by atoms with Gasteiger partial charge in [-0.15, -0.1) is 6.58 Å². The summed E-state index contributed by atoms with van der Waals surface area (Å²) in [5.74, 6) is 1.73. The second kappa shape index (κ2) is 7.31. The van der Waals surface area contributed by atoms with Gasteiger partial charge in [0.25, 0.3) is 0 Å². The van der Waals surface area contributed by atoms with Crippen LogP contribution in [0.3, 0.4) is 0 Å². The van der Waals surface area contributed by atoms with E-state index in [-0.39, 0.29) is 5.91 Å². The summed E-state index contributed by atoms with van der Waals surface area (Å²) < 4.78 is 0. The SMILES string of the molecule is C=CCN(CC1CC1CCC=CCC)C(C)=O. The molecule has 0 spiro atoms. The van der Waals surface area contributed by atoms with Crippen LogP contribution in [0.1, 0.15) is 39.5 Å². The molecule has 1 aliphatic carbocycles. The fourth-order valence-corrected chi connectivity index (χ4v) is 2.25. The van der Waals surface area contributed by atoms with E-state index in [1.165, 1.54) is 19.3 Å². The number of hydrogen-bond acceptors (Lipinski definition) is 1. The van der Waals surface area contributed by atoms with Crippen LogP contribution in [0.25, 0.3) is 0 Å². The maximum absolute atomic E-state index is 11.4. The Morgan fingerprint density at radius 1 is 1.41 bits per heavy atom. The van der Waals surface area contributed by atoms with E-state index in [9.17, 15) is 4.79 Å². The maximum Gasteiger partial charge on any atom is 0.219 e. The van der Waals surface area contributed by atoms with Gasteiger partial charge in [0.15, 0.2) is 0 Å². The Morgan fingerprint density at radius 2 is 2.18 bits per heavy atom. The van der Waals surface area contributed by atoms with E-state index in [1.807, 2.05) is 11.0 Å². The van der Waals surface area contributed by atoms with Gasteiger partial charge < -0.3 is 4.90 Å². The lowest BCUT2D eigenvalue weighted by molar-refractivity contribution is -0.128. The third-order valence-electron chi connectivity index (χ3n) is 3.43. The van der Waals surface area contributed by atoms with Crippen molar-refractivity contribution in [3.8, 4) is 0 Å². The second-order valence-corrected chi connectivity index (χ2v) is 4.93. The largest absolute Gasteiger partial charge is 0.339 e. The van der Waals surface area contributed by atoms with Crippen LogP contribution < -0.4 is 0 Å². The predicted molar refractivity (Wildman–Crippen MR) is 72.7 cm³/mol. The average molecular weight is 235 g/mol. The van der Waals surface area contributed by atoms with Crippen molar-refractivity contribution in [1.82, 2.24) is 4.90 Å². The molecule has 0 aromatic heterocycles. The maximum atomic E-state index is 11.4. The predicted octanol–water partition coefficient (Wildman–Crippen LogP) is 3.40. The van der Waals surface area contributed by atoms with Crippen molar-refractivity contribution in [3.05, 3.63) is 24.8 Å². The summed E-state index contributed by atoms with van der Waals surface area (Å²) >= 11 is 0. The Hall–Kier alpha value is -1.05. The minimum absolute atomic E-state index is 0.168. The van der Waals surface area contributed by atoms with Crippen LogP contribution in [-0.2, 0) is 4.79 Å². The number of allylic oxidation sites excluding steroid dienone is 2. The fourth-order valence-electron chi connectivity index (χ4n) is 2.25. The Morgan fingerprint density at radius 3 is 2.76 bits per heavy atom. The number of carbonyl (C=O) groups excluding carboxylic acids is 1. The first-order valence-corrected chi connectivity index (χ1v) is 6.70. The van der Waals surface area contributed by atoms with E-state index in [1.54, 1.807) is 6.92 Å². The summed E-state index contributed by atoms with van der Waals surface area (Å²) in [6.07, 6.45) is 11.2. The van der Waals surface area contributed by atoms with Gasteiger partial charge in [0.2, 0.25) is 5.91 Å². The molecule has 1 aliphatic rings. The minimum Gasteiger partial charge on any atom is -0.339 e. The molecule has 0 aromatic carbocycles. The monoisotopic (exact) mass is 235 g/mol. The highest BCUT2D eigenvalue weighted by molar-refractivity contribution is 5.73. The fraction of sp³-hybridized carbons (Fsp3) is 0.667. The van der Waals surface area contributed by atoms with Crippen LogP contribution >= 0.6 is 0 Å². The van der Waals surface area contributed by atoms with E-state index < -0.39 is 0 Å². The summed E-state index contributed by atoms with van der Waals surface area (Å²) in [5, 5.41) is 0. The highest BCUT2D eigenvalue weighted by atomic mass is 16.2. The van der Waals surface area contributed by atoms with Gasteiger partial charge in [0.05, 0.1) is 0 Å². The normalized spacial score (nSPS) is 22.7. The van der Waals surface area contributed by atoms with Crippen molar-refractivity contribution in [2.75, 3.05) is 13.1 Å². The molecule has 1 rings (SSSR count). The summed E-state index contributed by atoms with van der Waals surface area (Å²) in [7, 11) is 0. The Kier molecular flexibility index (Phi) is 6.03. The molecule has 2 heteroatoms. The molecule has 1 saturated carbocycles. The van der Waals surface area contributed by atoms with Gasteiger partial charge >= 0.3 is 0 Å². The molecule has 0 saturated heterocycles. The average Bonchev–Trinajstić information content (AvgIpc) is 3.02. The van der Waals surface area contributed by atoms with E-state index in [0.29, 0.717) is 6.54 Å². The van der Waals surface area contributed by atoms with Crippen LogP contribution in [0.5, 0.6) is 0 Å². The quantitative estimate of drug-likeness (QED) is 0.590. The standard InChI is InChI=1S/C15H25NO/c1-4-6-7-8-9-14-11-15(14)12-16(10-5-2)13(3)17/h5-7,14-15H,2,4,8-12H2,1,3H3. The molecule has 0 aliphatic heterocycles. The van der Waals surface area contributed by atoms with Crippen molar-refractivity contribution in [2.24, 2.45) is 11.8 Å². The van der Waals surface area contributed by atoms with E-state index in [2.05, 4.69) is 25.7 Å². The van der Waals surface area contributed by atoms with Crippen LogP contribution in [0.15, 0.2) is 24.8 Å². The zero-order valence-electron chi connectivity index (χ0n) is 11.2. The molecule has 1 fully saturated rings. The van der Waals surface area contributed by atoms with Gasteiger partial charge in [-0.3, -0.25) is 4.79 Å². The molecule has 0 heterocycles. The number of carbonyl (C=O) groups is 1. The lowest BCUT2D eigenvalue weighted by atomic mass is 10.1. The Balaban J connectivity index is 2.19. The van der Waals surface area contributed by atoms with Crippen molar-refractivity contribution < 1.29 is 4.79 Å². The van der Waals surface area contributed by atoms with Crippen LogP contribution in [0.2, 0.25) is 0 Å². The lowest BCUT2D eigenvalue weighted by Gasteiger charge is -2.19. The zero-order valence-corrected chi connectivity index (χ0v) is 11.2. The van der Waals surface area contributed by atoms with Crippen molar-refractivity contribution in [1.29, 1.82) is 0 Å². The first-order valence-electron chi connectivity index (χ1n) is 6.70. The van der Waals surface area contributed by atoms with E-state index >= 15 is 0 Å².